The zero-order valence-corrected chi connectivity index (χ0v) is 21.4. The average Bonchev–Trinajstić information content (AvgIpc) is 3.36. The van der Waals surface area contributed by atoms with Gasteiger partial charge in [0.2, 0.25) is 28.2 Å². The van der Waals surface area contributed by atoms with Crippen molar-refractivity contribution in [2.24, 2.45) is 10.7 Å². The van der Waals surface area contributed by atoms with Crippen LogP contribution >= 0.6 is 22.9 Å². The first-order valence-electron chi connectivity index (χ1n) is 10.5. The van der Waals surface area contributed by atoms with Gasteiger partial charge in [0.1, 0.15) is 11.3 Å². The Kier molecular flexibility index (Phi) is 6.38. The van der Waals surface area contributed by atoms with Crippen LogP contribution in [0.2, 0.25) is 5.02 Å². The lowest BCUT2D eigenvalue weighted by Gasteiger charge is -2.33. The van der Waals surface area contributed by atoms with E-state index in [-0.39, 0.29) is 11.7 Å². The summed E-state index contributed by atoms with van der Waals surface area (Å²) in [6, 6.07) is 8.57. The molecule has 0 spiro atoms. The number of ether oxygens (including phenoxy) is 1. The minimum atomic E-state index is -3.64. The van der Waals surface area contributed by atoms with Crippen LogP contribution in [0.3, 0.4) is 0 Å². The van der Waals surface area contributed by atoms with Gasteiger partial charge in [-0.25, -0.2) is 27.1 Å². The summed E-state index contributed by atoms with van der Waals surface area (Å²) in [4.78, 5) is 10.2. The molecule has 2 aromatic heterocycles. The van der Waals surface area contributed by atoms with Crippen molar-refractivity contribution in [3.63, 3.8) is 0 Å². The summed E-state index contributed by atoms with van der Waals surface area (Å²) in [5, 5.41) is 0.360. The molecule has 0 aliphatic carbocycles. The monoisotopic (exact) mass is 526 g/mol. The smallest absolute Gasteiger partial charge is 0.239 e. The van der Waals surface area contributed by atoms with Gasteiger partial charge in [-0.2, -0.15) is 0 Å². The summed E-state index contributed by atoms with van der Waals surface area (Å²) in [5.74, 6) is 0.992. The number of benzene rings is 1. The second kappa shape index (κ2) is 8.86. The van der Waals surface area contributed by atoms with Gasteiger partial charge in [0.25, 0.3) is 0 Å². The molecule has 2 unspecified atom stereocenters. The van der Waals surface area contributed by atoms with Crippen molar-refractivity contribution in [1.29, 1.82) is 0 Å². The summed E-state index contributed by atoms with van der Waals surface area (Å²) in [7, 11) is -2.27. The number of alkyl halides is 1. The fourth-order valence-electron chi connectivity index (χ4n) is 3.70. The highest BCUT2D eigenvalue weighted by molar-refractivity contribution is 7.89. The molecule has 4 rings (SSSR count). The third-order valence-electron chi connectivity index (χ3n) is 5.40. The van der Waals surface area contributed by atoms with Gasteiger partial charge < -0.3 is 14.9 Å². The maximum atomic E-state index is 13.1. The van der Waals surface area contributed by atoms with Gasteiger partial charge in [0.05, 0.1) is 26.2 Å². The van der Waals surface area contributed by atoms with Gasteiger partial charge in [-0.3, -0.25) is 0 Å². The van der Waals surface area contributed by atoms with E-state index in [0.29, 0.717) is 38.6 Å². The number of aliphatic imine (C=N–C) groups is 1. The molecule has 0 saturated carbocycles. The number of aryl methyl sites for hydroxylation is 1. The van der Waals surface area contributed by atoms with Crippen LogP contribution in [0.1, 0.15) is 31.3 Å². The average molecular weight is 527 g/mol. The molecule has 3 aromatic rings. The van der Waals surface area contributed by atoms with E-state index in [1.165, 1.54) is 25.3 Å². The Labute approximate surface area is 206 Å². The first-order valence-corrected chi connectivity index (χ1v) is 13.3. The van der Waals surface area contributed by atoms with Crippen LogP contribution in [0.4, 0.5) is 4.39 Å². The Bertz CT molecular complexity index is 1350. The molecule has 0 saturated heterocycles. The highest BCUT2D eigenvalue weighted by atomic mass is 35.5. The Morgan fingerprint density at radius 1 is 1.38 bits per heavy atom. The zero-order chi connectivity index (χ0) is 24.8. The Balaban J connectivity index is 1.71. The van der Waals surface area contributed by atoms with Crippen molar-refractivity contribution in [1.82, 2.24) is 9.29 Å². The minimum Gasteiger partial charge on any atom is -0.461 e. The molecule has 3 heterocycles. The van der Waals surface area contributed by atoms with Gasteiger partial charge in [-0.15, -0.1) is 11.3 Å². The molecule has 0 fully saturated rings. The van der Waals surface area contributed by atoms with Crippen LogP contribution in [-0.4, -0.2) is 42.8 Å². The first-order chi connectivity index (χ1) is 15.9. The second-order valence-electron chi connectivity index (χ2n) is 8.09. The molecule has 2 atom stereocenters. The number of oxazole rings is 1. The summed E-state index contributed by atoms with van der Waals surface area (Å²) in [6.45, 7) is 4.96. The number of rotatable bonds is 6. The van der Waals surface area contributed by atoms with Crippen molar-refractivity contribution in [2.45, 2.75) is 39.1 Å². The molecule has 1 aliphatic heterocycles. The van der Waals surface area contributed by atoms with E-state index >= 15 is 0 Å². The van der Waals surface area contributed by atoms with Crippen molar-refractivity contribution < 1.29 is 22.0 Å². The Morgan fingerprint density at radius 3 is 2.65 bits per heavy atom. The van der Waals surface area contributed by atoms with Gasteiger partial charge in [0, 0.05) is 19.5 Å². The van der Waals surface area contributed by atoms with Crippen LogP contribution in [0.25, 0.3) is 22.1 Å². The van der Waals surface area contributed by atoms with Crippen LogP contribution in [0, 0.1) is 0 Å². The Hall–Kier alpha value is -2.63. The van der Waals surface area contributed by atoms with E-state index in [9.17, 15) is 12.8 Å². The molecular weight excluding hydrogens is 503 g/mol. The van der Waals surface area contributed by atoms with Crippen molar-refractivity contribution in [2.75, 3.05) is 12.8 Å². The van der Waals surface area contributed by atoms with E-state index in [0.717, 1.165) is 15.6 Å². The third kappa shape index (κ3) is 4.51. The Morgan fingerprint density at radius 2 is 2.06 bits per heavy atom. The molecule has 8 nitrogen and oxygen atoms in total. The van der Waals surface area contributed by atoms with Gasteiger partial charge in [-0.1, -0.05) is 18.5 Å². The van der Waals surface area contributed by atoms with E-state index < -0.39 is 21.9 Å². The van der Waals surface area contributed by atoms with Gasteiger partial charge >= 0.3 is 0 Å². The summed E-state index contributed by atoms with van der Waals surface area (Å²) in [6.07, 6.45) is -0.791. The fourth-order valence-corrected chi connectivity index (χ4v) is 6.79. The number of nitrogens with zero attached hydrogens (tertiary/aromatic N) is 3. The number of halogens is 2. The van der Waals surface area contributed by atoms with Crippen LogP contribution < -0.4 is 10.5 Å². The lowest BCUT2D eigenvalue weighted by Crippen LogP contribution is -2.50. The van der Waals surface area contributed by atoms with E-state index in [4.69, 9.17) is 26.5 Å². The van der Waals surface area contributed by atoms with E-state index in [1.54, 1.807) is 37.3 Å². The molecule has 0 amide bonds. The number of thiophene rings is 1. The van der Waals surface area contributed by atoms with Crippen LogP contribution in [0.15, 0.2) is 39.7 Å². The second-order valence-corrected chi connectivity index (χ2v) is 11.5. The predicted octanol–water partition coefficient (Wildman–Crippen LogP) is 4.79. The molecule has 2 N–H and O–H groups in total. The minimum absolute atomic E-state index is 0.0963. The maximum Gasteiger partial charge on any atom is 0.239 e. The van der Waals surface area contributed by atoms with Crippen LogP contribution in [-0.2, 0) is 22.0 Å². The van der Waals surface area contributed by atoms with Crippen molar-refractivity contribution >= 4 is 38.9 Å². The molecule has 1 aliphatic rings. The zero-order valence-electron chi connectivity index (χ0n) is 19.0. The standard InChI is InChI=1S/C22H24ClFN4O4S2/c1-5-16-18(13-6-8-14(9-7-13)31-12(2)24)32-20(26-16)17-10-15(23)19(33-17)22(3)11-34(29,30)28(4)21(25)27-22/h6-10,12H,5,11H2,1-4H3,(H2,25,27). The molecule has 0 radical (unpaired) electrons. The first kappa shape index (κ1) is 24.5. The van der Waals surface area contributed by atoms with Crippen LogP contribution in [0.5, 0.6) is 5.75 Å². The van der Waals surface area contributed by atoms with E-state index in [1.807, 2.05) is 6.92 Å². The normalized spacial score (nSPS) is 20.8. The molecule has 1 aromatic carbocycles. The summed E-state index contributed by atoms with van der Waals surface area (Å²) in [5.41, 5.74) is 6.24. The largest absolute Gasteiger partial charge is 0.461 e. The topological polar surface area (TPSA) is 111 Å². The van der Waals surface area contributed by atoms with E-state index in [2.05, 4.69) is 9.98 Å². The number of sulfonamides is 1. The molecular formula is C22H24ClFN4O4S2. The van der Waals surface area contributed by atoms with Crippen molar-refractivity contribution in [3.8, 4) is 27.8 Å². The summed E-state index contributed by atoms with van der Waals surface area (Å²) >= 11 is 7.79. The quantitative estimate of drug-likeness (QED) is 0.494. The molecule has 0 bridgehead atoms. The molecule has 182 valence electrons. The third-order valence-corrected chi connectivity index (χ3v) is 9.13. The van der Waals surface area contributed by atoms with Gasteiger partial charge in [-0.05, 0) is 43.7 Å². The highest BCUT2D eigenvalue weighted by Crippen LogP contribution is 2.45. The number of hydrogen-bond donors (Lipinski definition) is 1. The number of nitrogens with two attached hydrogens (primary N) is 1. The number of aromatic nitrogens is 1. The highest BCUT2D eigenvalue weighted by Gasteiger charge is 2.42. The molecule has 34 heavy (non-hydrogen) atoms. The predicted molar refractivity (Wildman–Crippen MR) is 131 cm³/mol. The number of guanidine groups is 1. The maximum absolute atomic E-state index is 13.1. The summed E-state index contributed by atoms with van der Waals surface area (Å²) < 4.78 is 50.3. The fraction of sp³-hybridized carbons (Fsp3) is 0.364. The van der Waals surface area contributed by atoms with Gasteiger partial charge in [0.15, 0.2) is 5.76 Å². The SMILES string of the molecule is CCc1nc(-c2cc(Cl)c(C3(C)CS(=O)(=O)N(C)C(N)=N3)s2)oc1-c1ccc(OC(C)F)cc1. The van der Waals surface area contributed by atoms with Crippen molar-refractivity contribution in [3.05, 3.63) is 45.9 Å². The number of hydrogen-bond acceptors (Lipinski definition) is 8. The molecule has 12 heteroatoms. The lowest BCUT2D eigenvalue weighted by atomic mass is 10.0. The lowest BCUT2D eigenvalue weighted by molar-refractivity contribution is 0.0861.